The van der Waals surface area contributed by atoms with Crippen molar-refractivity contribution in [2.24, 2.45) is 0 Å². The minimum Gasteiger partial charge on any atom is -0.496 e. The first-order valence-electron chi connectivity index (χ1n) is 8.20. The Kier molecular flexibility index (Phi) is 6.64. The molecule has 0 fully saturated rings. The third-order valence-corrected chi connectivity index (χ3v) is 4.14. The predicted octanol–water partition coefficient (Wildman–Crippen LogP) is 4.08. The van der Waals surface area contributed by atoms with Crippen molar-refractivity contribution in [1.82, 2.24) is 0 Å². The maximum atomic E-state index is 12.3. The van der Waals surface area contributed by atoms with Crippen LogP contribution in [0.15, 0.2) is 36.4 Å². The van der Waals surface area contributed by atoms with Crippen molar-refractivity contribution in [3.05, 3.63) is 58.1 Å². The van der Waals surface area contributed by atoms with E-state index in [1.165, 1.54) is 6.92 Å². The van der Waals surface area contributed by atoms with E-state index in [9.17, 15) is 9.59 Å². The topological polar surface area (TPSA) is 64.6 Å². The van der Waals surface area contributed by atoms with E-state index in [-0.39, 0.29) is 6.42 Å². The Morgan fingerprint density at radius 3 is 2.58 bits per heavy atom. The number of hydrogen-bond acceptors (Lipinski definition) is 4. The molecule has 1 N–H and O–H groups in total. The van der Waals surface area contributed by atoms with Crippen LogP contribution < -0.4 is 10.1 Å². The second-order valence-corrected chi connectivity index (χ2v) is 6.51. The molecule has 0 bridgehead atoms. The van der Waals surface area contributed by atoms with Crippen LogP contribution in [-0.4, -0.2) is 25.1 Å². The number of halogens is 1. The fourth-order valence-electron chi connectivity index (χ4n) is 2.46. The molecule has 1 atom stereocenters. The van der Waals surface area contributed by atoms with Crippen LogP contribution >= 0.6 is 11.6 Å². The lowest BCUT2D eigenvalue weighted by molar-refractivity contribution is -0.152. The van der Waals surface area contributed by atoms with Gasteiger partial charge in [0.1, 0.15) is 5.75 Å². The number of esters is 1. The number of hydrogen-bond donors (Lipinski definition) is 1. The van der Waals surface area contributed by atoms with Crippen molar-refractivity contribution < 1.29 is 19.1 Å². The molecule has 138 valence electrons. The average molecular weight is 376 g/mol. The minimum atomic E-state index is -0.934. The Morgan fingerprint density at radius 1 is 1.15 bits per heavy atom. The summed E-state index contributed by atoms with van der Waals surface area (Å²) in [6.07, 6.45) is -0.907. The molecular formula is C20H22ClNO4. The van der Waals surface area contributed by atoms with Gasteiger partial charge in [-0.05, 0) is 44.5 Å². The van der Waals surface area contributed by atoms with E-state index < -0.39 is 18.0 Å². The van der Waals surface area contributed by atoms with Gasteiger partial charge in [0.15, 0.2) is 6.10 Å². The molecule has 6 heteroatoms. The summed E-state index contributed by atoms with van der Waals surface area (Å²) in [6.45, 7) is 5.31. The molecule has 0 radical (unpaired) electrons. The van der Waals surface area contributed by atoms with Gasteiger partial charge in [-0.15, -0.1) is 0 Å². The molecule has 0 saturated heterocycles. The number of rotatable bonds is 6. The fourth-order valence-corrected chi connectivity index (χ4v) is 2.63. The summed E-state index contributed by atoms with van der Waals surface area (Å²) in [4.78, 5) is 24.5. The van der Waals surface area contributed by atoms with Crippen molar-refractivity contribution in [3.63, 3.8) is 0 Å². The number of benzene rings is 2. The molecule has 26 heavy (non-hydrogen) atoms. The summed E-state index contributed by atoms with van der Waals surface area (Å²) in [7, 11) is 1.54. The zero-order valence-corrected chi connectivity index (χ0v) is 16.0. The van der Waals surface area contributed by atoms with Crippen LogP contribution in [0.25, 0.3) is 0 Å². The molecule has 0 aliphatic heterocycles. The third-order valence-electron chi connectivity index (χ3n) is 3.91. The number of methoxy groups -OCH3 is 1. The summed E-state index contributed by atoms with van der Waals surface area (Å²) < 4.78 is 10.5. The maximum absolute atomic E-state index is 12.3. The average Bonchev–Trinajstić information content (AvgIpc) is 2.58. The lowest BCUT2D eigenvalue weighted by atomic mass is 10.1. The highest BCUT2D eigenvalue weighted by Gasteiger charge is 2.20. The maximum Gasteiger partial charge on any atom is 0.311 e. The molecule has 0 saturated carbocycles. The molecular weight excluding hydrogens is 354 g/mol. The molecule has 0 aliphatic carbocycles. The van der Waals surface area contributed by atoms with Gasteiger partial charge in [-0.3, -0.25) is 9.59 Å². The van der Waals surface area contributed by atoms with Crippen molar-refractivity contribution in [1.29, 1.82) is 0 Å². The molecule has 1 amide bonds. The summed E-state index contributed by atoms with van der Waals surface area (Å²) in [5, 5.41) is 3.24. The van der Waals surface area contributed by atoms with Crippen LogP contribution in [0.4, 0.5) is 5.69 Å². The standard InChI is InChI=1S/C20H22ClNO4/c1-12-5-8-18(25-4)15(9-12)10-19(23)26-14(3)20(24)22-17-11-16(21)7-6-13(17)2/h5-9,11,14H,10H2,1-4H3,(H,22,24)/t14-/m1/s1. The third kappa shape index (κ3) is 5.23. The van der Waals surface area contributed by atoms with Gasteiger partial charge in [0.2, 0.25) is 0 Å². The quantitative estimate of drug-likeness (QED) is 0.773. The van der Waals surface area contributed by atoms with E-state index in [2.05, 4.69) is 5.32 Å². The molecule has 0 aliphatic rings. The van der Waals surface area contributed by atoms with E-state index in [0.717, 1.165) is 16.7 Å². The van der Waals surface area contributed by atoms with E-state index in [4.69, 9.17) is 21.1 Å². The first kappa shape index (κ1) is 19.8. The van der Waals surface area contributed by atoms with E-state index in [1.54, 1.807) is 31.4 Å². The van der Waals surface area contributed by atoms with Crippen LogP contribution in [0, 0.1) is 13.8 Å². The zero-order valence-electron chi connectivity index (χ0n) is 15.3. The zero-order chi connectivity index (χ0) is 19.3. The molecule has 0 unspecified atom stereocenters. The molecule has 0 spiro atoms. The number of amides is 1. The van der Waals surface area contributed by atoms with Crippen LogP contribution in [-0.2, 0) is 20.7 Å². The largest absolute Gasteiger partial charge is 0.496 e. The predicted molar refractivity (Wildman–Crippen MR) is 102 cm³/mol. The Labute approximate surface area is 158 Å². The normalized spacial score (nSPS) is 11.6. The van der Waals surface area contributed by atoms with Crippen LogP contribution in [0.5, 0.6) is 5.75 Å². The highest BCUT2D eigenvalue weighted by atomic mass is 35.5. The second-order valence-electron chi connectivity index (χ2n) is 6.07. The SMILES string of the molecule is COc1ccc(C)cc1CC(=O)O[C@H](C)C(=O)Nc1cc(Cl)ccc1C. The van der Waals surface area contributed by atoms with Gasteiger partial charge in [-0.25, -0.2) is 0 Å². The fraction of sp³-hybridized carbons (Fsp3) is 0.300. The number of ether oxygens (including phenoxy) is 2. The number of nitrogens with one attached hydrogen (secondary N) is 1. The lowest BCUT2D eigenvalue weighted by Gasteiger charge is -2.15. The smallest absolute Gasteiger partial charge is 0.311 e. The van der Waals surface area contributed by atoms with Gasteiger partial charge in [-0.1, -0.05) is 35.4 Å². The molecule has 0 aromatic heterocycles. The Morgan fingerprint density at radius 2 is 1.88 bits per heavy atom. The lowest BCUT2D eigenvalue weighted by Crippen LogP contribution is -2.30. The highest BCUT2D eigenvalue weighted by Crippen LogP contribution is 2.22. The van der Waals surface area contributed by atoms with Crippen molar-refractivity contribution in [2.45, 2.75) is 33.3 Å². The summed E-state index contributed by atoms with van der Waals surface area (Å²) in [6, 6.07) is 10.8. The first-order chi connectivity index (χ1) is 12.3. The summed E-state index contributed by atoms with van der Waals surface area (Å²) in [5.41, 5.74) is 3.18. The summed E-state index contributed by atoms with van der Waals surface area (Å²) >= 11 is 5.95. The van der Waals surface area contributed by atoms with E-state index >= 15 is 0 Å². The Bertz CT molecular complexity index is 819. The van der Waals surface area contributed by atoms with Crippen molar-refractivity contribution in [3.8, 4) is 5.75 Å². The van der Waals surface area contributed by atoms with Gasteiger partial charge in [0, 0.05) is 16.3 Å². The monoisotopic (exact) mass is 375 g/mol. The summed E-state index contributed by atoms with van der Waals surface area (Å²) in [5.74, 6) is -0.307. The van der Waals surface area contributed by atoms with E-state index in [0.29, 0.717) is 16.5 Å². The molecule has 2 aromatic carbocycles. The van der Waals surface area contributed by atoms with Gasteiger partial charge in [-0.2, -0.15) is 0 Å². The number of carbonyl (C=O) groups is 2. The van der Waals surface area contributed by atoms with Gasteiger partial charge in [0.25, 0.3) is 5.91 Å². The van der Waals surface area contributed by atoms with Crippen LogP contribution in [0.3, 0.4) is 0 Å². The molecule has 2 aromatic rings. The minimum absolute atomic E-state index is 0.0265. The van der Waals surface area contributed by atoms with Crippen LogP contribution in [0.1, 0.15) is 23.6 Å². The van der Waals surface area contributed by atoms with Gasteiger partial charge in [0.05, 0.1) is 13.5 Å². The molecule has 5 nitrogen and oxygen atoms in total. The Hall–Kier alpha value is -2.53. The number of anilines is 1. The molecule has 0 heterocycles. The van der Waals surface area contributed by atoms with E-state index in [1.807, 2.05) is 26.0 Å². The van der Waals surface area contributed by atoms with Gasteiger partial charge >= 0.3 is 5.97 Å². The van der Waals surface area contributed by atoms with Crippen LogP contribution in [0.2, 0.25) is 5.02 Å². The molecule has 2 rings (SSSR count). The first-order valence-corrected chi connectivity index (χ1v) is 8.58. The van der Waals surface area contributed by atoms with Crippen molar-refractivity contribution >= 4 is 29.2 Å². The number of carbonyl (C=O) groups excluding carboxylic acids is 2. The Balaban J connectivity index is 1.99. The highest BCUT2D eigenvalue weighted by molar-refractivity contribution is 6.31. The second kappa shape index (κ2) is 8.72. The van der Waals surface area contributed by atoms with Crippen molar-refractivity contribution in [2.75, 3.05) is 12.4 Å². The number of aryl methyl sites for hydroxylation is 2. The van der Waals surface area contributed by atoms with Gasteiger partial charge < -0.3 is 14.8 Å².